The Morgan fingerprint density at radius 2 is 2.05 bits per heavy atom. The maximum absolute atomic E-state index is 9.92. The number of rotatable bonds is 6. The van der Waals surface area contributed by atoms with Gasteiger partial charge in [-0.1, -0.05) is 50.2 Å². The first-order valence-corrected chi connectivity index (χ1v) is 7.08. The van der Waals surface area contributed by atoms with Crippen LogP contribution in [0.1, 0.15) is 50.7 Å². The first kappa shape index (κ1) is 16.2. The van der Waals surface area contributed by atoms with Crippen LogP contribution in [0.3, 0.4) is 0 Å². The molecule has 0 aliphatic rings. The molecule has 0 aromatic heterocycles. The van der Waals surface area contributed by atoms with Gasteiger partial charge in [0, 0.05) is 6.42 Å². The summed E-state index contributed by atoms with van der Waals surface area (Å²) in [6, 6.07) is 7.26. The lowest BCUT2D eigenvalue weighted by Crippen LogP contribution is -1.94. The third kappa shape index (κ3) is 6.32. The van der Waals surface area contributed by atoms with Gasteiger partial charge >= 0.3 is 0 Å². The molecular weight excluding hydrogens is 248 g/mol. The fourth-order valence-corrected chi connectivity index (χ4v) is 1.75. The molecule has 0 amide bonds. The minimum absolute atomic E-state index is 0.713. The Kier molecular flexibility index (Phi) is 8.04. The second kappa shape index (κ2) is 9.96. The van der Waals surface area contributed by atoms with Gasteiger partial charge in [0.1, 0.15) is 11.9 Å². The summed E-state index contributed by atoms with van der Waals surface area (Å²) in [5.41, 5.74) is 0.724. The van der Waals surface area contributed by atoms with Crippen LogP contribution < -0.4 is 4.74 Å². The minimum atomic E-state index is -0.820. The van der Waals surface area contributed by atoms with E-state index in [1.807, 2.05) is 18.2 Å². The molecule has 1 atom stereocenters. The fraction of sp³-hybridized carbons (Fsp3) is 0.444. The molecule has 0 aliphatic carbocycles. The Bertz CT molecular complexity index is 511. The standard InChI is InChI=1S/C18H22O2/c1-3-4-5-6-7-8-9-10-14-18(19)16-12-11-13-17(15-16)20-2/h11-13,15,18-19H,3-7H2,1-2H3/t18-/m0/s1. The molecule has 106 valence electrons. The van der Waals surface area contributed by atoms with Crippen molar-refractivity contribution in [1.82, 2.24) is 0 Å². The van der Waals surface area contributed by atoms with Crippen molar-refractivity contribution in [3.8, 4) is 29.4 Å². The predicted molar refractivity (Wildman–Crippen MR) is 82.3 cm³/mol. The molecule has 0 radical (unpaired) electrons. The summed E-state index contributed by atoms with van der Waals surface area (Å²) in [6.07, 6.45) is 4.91. The average molecular weight is 270 g/mol. The highest BCUT2D eigenvalue weighted by molar-refractivity contribution is 5.35. The van der Waals surface area contributed by atoms with Crippen LogP contribution in [0.25, 0.3) is 0 Å². The van der Waals surface area contributed by atoms with Crippen LogP contribution in [-0.4, -0.2) is 12.2 Å². The lowest BCUT2D eigenvalue weighted by atomic mass is 10.1. The summed E-state index contributed by atoms with van der Waals surface area (Å²) in [4.78, 5) is 0. The van der Waals surface area contributed by atoms with Crippen LogP contribution in [0.15, 0.2) is 24.3 Å². The number of hydrogen-bond donors (Lipinski definition) is 1. The minimum Gasteiger partial charge on any atom is -0.497 e. The molecule has 1 rings (SSSR count). The number of methoxy groups -OCH3 is 1. The summed E-state index contributed by atoms with van der Waals surface area (Å²) in [6.45, 7) is 2.19. The normalized spacial score (nSPS) is 10.8. The molecule has 2 heteroatoms. The second-order valence-corrected chi connectivity index (χ2v) is 4.56. The lowest BCUT2D eigenvalue weighted by molar-refractivity contribution is 0.238. The highest BCUT2D eigenvalue weighted by Gasteiger charge is 2.03. The molecule has 0 saturated carbocycles. The monoisotopic (exact) mass is 270 g/mol. The van der Waals surface area contributed by atoms with Gasteiger partial charge in [-0.3, -0.25) is 0 Å². The Hall–Kier alpha value is -1.90. The van der Waals surface area contributed by atoms with Gasteiger partial charge in [-0.15, -0.1) is 0 Å². The number of hydrogen-bond acceptors (Lipinski definition) is 2. The van der Waals surface area contributed by atoms with Crippen molar-refractivity contribution in [2.45, 2.75) is 45.1 Å². The van der Waals surface area contributed by atoms with Crippen molar-refractivity contribution in [3.05, 3.63) is 29.8 Å². The number of benzene rings is 1. The second-order valence-electron chi connectivity index (χ2n) is 4.56. The Labute approximate surface area is 122 Å². The van der Waals surface area contributed by atoms with E-state index in [9.17, 15) is 5.11 Å². The van der Waals surface area contributed by atoms with Crippen molar-refractivity contribution >= 4 is 0 Å². The van der Waals surface area contributed by atoms with Crippen molar-refractivity contribution < 1.29 is 9.84 Å². The number of aliphatic hydroxyl groups is 1. The van der Waals surface area contributed by atoms with Gasteiger partial charge in [-0.25, -0.2) is 0 Å². The molecular formula is C18H22O2. The first-order chi connectivity index (χ1) is 9.77. The third-order valence-electron chi connectivity index (χ3n) is 2.92. The molecule has 1 N–H and O–H groups in total. The predicted octanol–water partition coefficient (Wildman–Crippen LogP) is 3.71. The van der Waals surface area contributed by atoms with Crippen molar-refractivity contribution in [1.29, 1.82) is 0 Å². The number of ether oxygens (including phenoxy) is 1. The molecule has 0 heterocycles. The van der Waals surface area contributed by atoms with E-state index in [2.05, 4.69) is 30.6 Å². The maximum Gasteiger partial charge on any atom is 0.141 e. The molecule has 2 nitrogen and oxygen atoms in total. The zero-order chi connectivity index (χ0) is 14.6. The van der Waals surface area contributed by atoms with Crippen molar-refractivity contribution in [2.75, 3.05) is 7.11 Å². The molecule has 0 bridgehead atoms. The third-order valence-corrected chi connectivity index (χ3v) is 2.92. The Morgan fingerprint density at radius 1 is 1.20 bits per heavy atom. The van der Waals surface area contributed by atoms with Crippen LogP contribution in [0.5, 0.6) is 5.75 Å². The van der Waals surface area contributed by atoms with Crippen LogP contribution in [0.2, 0.25) is 0 Å². The SMILES string of the molecule is CCCCCCC#CC#C[C@H](O)c1cccc(OC)c1. The van der Waals surface area contributed by atoms with E-state index in [1.54, 1.807) is 13.2 Å². The zero-order valence-electron chi connectivity index (χ0n) is 12.3. The number of unbranched alkanes of at least 4 members (excludes halogenated alkanes) is 4. The quantitative estimate of drug-likeness (QED) is 0.631. The zero-order valence-corrected chi connectivity index (χ0v) is 12.3. The van der Waals surface area contributed by atoms with Gasteiger partial charge in [0.25, 0.3) is 0 Å². The topological polar surface area (TPSA) is 29.5 Å². The molecule has 0 unspecified atom stereocenters. The van der Waals surface area contributed by atoms with Crippen molar-refractivity contribution in [3.63, 3.8) is 0 Å². The van der Waals surface area contributed by atoms with Gasteiger partial charge in [0.2, 0.25) is 0 Å². The largest absolute Gasteiger partial charge is 0.497 e. The number of aliphatic hydroxyl groups excluding tert-OH is 1. The summed E-state index contributed by atoms with van der Waals surface area (Å²) < 4.78 is 5.11. The summed E-state index contributed by atoms with van der Waals surface area (Å²) >= 11 is 0. The van der Waals surface area contributed by atoms with Crippen LogP contribution in [0, 0.1) is 23.7 Å². The van der Waals surface area contributed by atoms with Gasteiger partial charge < -0.3 is 9.84 Å². The smallest absolute Gasteiger partial charge is 0.141 e. The molecule has 1 aromatic rings. The van der Waals surface area contributed by atoms with Gasteiger partial charge in [0.05, 0.1) is 7.11 Å². The maximum atomic E-state index is 9.92. The van der Waals surface area contributed by atoms with E-state index in [0.29, 0.717) is 5.75 Å². The van der Waals surface area contributed by atoms with E-state index in [1.165, 1.54) is 19.3 Å². The molecule has 0 spiro atoms. The lowest BCUT2D eigenvalue weighted by Gasteiger charge is -2.05. The Balaban J connectivity index is 2.44. The van der Waals surface area contributed by atoms with E-state index in [4.69, 9.17) is 4.74 Å². The summed E-state index contributed by atoms with van der Waals surface area (Å²) in [5, 5.41) is 9.92. The molecule has 0 fully saturated rings. The van der Waals surface area contributed by atoms with Crippen LogP contribution >= 0.6 is 0 Å². The van der Waals surface area contributed by atoms with E-state index in [-0.39, 0.29) is 0 Å². The van der Waals surface area contributed by atoms with Crippen molar-refractivity contribution in [2.24, 2.45) is 0 Å². The molecule has 20 heavy (non-hydrogen) atoms. The summed E-state index contributed by atoms with van der Waals surface area (Å²) in [5.74, 6) is 12.0. The van der Waals surface area contributed by atoms with Gasteiger partial charge in [-0.05, 0) is 36.0 Å². The average Bonchev–Trinajstić information content (AvgIpc) is 2.49. The highest BCUT2D eigenvalue weighted by atomic mass is 16.5. The molecule has 0 saturated heterocycles. The highest BCUT2D eigenvalue weighted by Crippen LogP contribution is 2.18. The van der Waals surface area contributed by atoms with Crippen LogP contribution in [-0.2, 0) is 0 Å². The fourth-order valence-electron chi connectivity index (χ4n) is 1.75. The van der Waals surface area contributed by atoms with E-state index in [0.717, 1.165) is 18.4 Å². The van der Waals surface area contributed by atoms with Gasteiger partial charge in [-0.2, -0.15) is 0 Å². The van der Waals surface area contributed by atoms with Gasteiger partial charge in [0.15, 0.2) is 0 Å². The molecule has 1 aromatic carbocycles. The van der Waals surface area contributed by atoms with E-state index < -0.39 is 6.10 Å². The summed E-state index contributed by atoms with van der Waals surface area (Å²) in [7, 11) is 1.60. The van der Waals surface area contributed by atoms with Crippen LogP contribution in [0.4, 0.5) is 0 Å². The Morgan fingerprint density at radius 3 is 2.80 bits per heavy atom. The molecule has 0 aliphatic heterocycles. The van der Waals surface area contributed by atoms with E-state index >= 15 is 0 Å². The first-order valence-electron chi connectivity index (χ1n) is 7.08.